The second-order valence-corrected chi connectivity index (χ2v) is 6.27. The average Bonchev–Trinajstić information content (AvgIpc) is 3.04. The highest BCUT2D eigenvalue weighted by Gasteiger charge is 2.13. The maximum Gasteiger partial charge on any atom is 0.269 e. The number of H-pyrrole nitrogens is 1. The standard InChI is InChI=1S/C17H22Cl2N4O/c1-3-23(4-2)9-5-8-20-17(24)16-11-15(21-22-16)13-7-6-12(18)10-14(13)19/h6-7,10-11H,3-5,8-9H2,1-2H3,(H,20,24)(H,21,22). The van der Waals surface area contributed by atoms with Crippen molar-refractivity contribution in [1.82, 2.24) is 20.4 Å². The molecule has 2 N–H and O–H groups in total. The van der Waals surface area contributed by atoms with E-state index in [-0.39, 0.29) is 5.91 Å². The molecule has 0 aliphatic carbocycles. The van der Waals surface area contributed by atoms with Crippen LogP contribution in [0.25, 0.3) is 11.3 Å². The van der Waals surface area contributed by atoms with Crippen molar-refractivity contribution in [2.45, 2.75) is 20.3 Å². The topological polar surface area (TPSA) is 61.0 Å². The molecule has 5 nitrogen and oxygen atoms in total. The van der Waals surface area contributed by atoms with Crippen LogP contribution in [0.1, 0.15) is 30.8 Å². The molecule has 0 saturated heterocycles. The summed E-state index contributed by atoms with van der Waals surface area (Å²) in [5.74, 6) is -0.168. The number of benzene rings is 1. The van der Waals surface area contributed by atoms with Gasteiger partial charge in [0.25, 0.3) is 5.91 Å². The maximum absolute atomic E-state index is 12.2. The van der Waals surface area contributed by atoms with E-state index in [0.29, 0.717) is 28.0 Å². The van der Waals surface area contributed by atoms with Crippen LogP contribution in [0.3, 0.4) is 0 Å². The highest BCUT2D eigenvalue weighted by molar-refractivity contribution is 6.36. The summed E-state index contributed by atoms with van der Waals surface area (Å²) in [7, 11) is 0. The Morgan fingerprint density at radius 1 is 1.25 bits per heavy atom. The van der Waals surface area contributed by atoms with Gasteiger partial charge in [0, 0.05) is 17.1 Å². The van der Waals surface area contributed by atoms with Crippen LogP contribution in [-0.4, -0.2) is 47.2 Å². The molecule has 0 radical (unpaired) electrons. The smallest absolute Gasteiger partial charge is 0.269 e. The molecule has 24 heavy (non-hydrogen) atoms. The number of aromatic nitrogens is 2. The molecule has 0 atom stereocenters. The van der Waals surface area contributed by atoms with E-state index in [1.54, 1.807) is 24.3 Å². The lowest BCUT2D eigenvalue weighted by Crippen LogP contribution is -2.30. The van der Waals surface area contributed by atoms with Crippen LogP contribution in [0.2, 0.25) is 10.0 Å². The number of aromatic amines is 1. The summed E-state index contributed by atoms with van der Waals surface area (Å²) in [6.45, 7) is 7.92. The van der Waals surface area contributed by atoms with Crippen LogP contribution in [0, 0.1) is 0 Å². The molecule has 0 saturated carbocycles. The van der Waals surface area contributed by atoms with Gasteiger partial charge in [-0.25, -0.2) is 0 Å². The average molecular weight is 369 g/mol. The van der Waals surface area contributed by atoms with Gasteiger partial charge in [0.15, 0.2) is 0 Å². The predicted octanol–water partition coefficient (Wildman–Crippen LogP) is 3.85. The van der Waals surface area contributed by atoms with Gasteiger partial charge in [0.05, 0.1) is 10.7 Å². The molecule has 0 aliphatic rings. The van der Waals surface area contributed by atoms with Crippen LogP contribution in [0.4, 0.5) is 0 Å². The first-order valence-corrected chi connectivity index (χ1v) is 8.82. The van der Waals surface area contributed by atoms with Crippen molar-refractivity contribution in [3.05, 3.63) is 40.0 Å². The molecule has 130 valence electrons. The molecule has 2 aromatic rings. The number of hydrogen-bond acceptors (Lipinski definition) is 3. The molecule has 0 unspecified atom stereocenters. The van der Waals surface area contributed by atoms with E-state index in [0.717, 1.165) is 31.6 Å². The normalized spacial score (nSPS) is 11.0. The lowest BCUT2D eigenvalue weighted by molar-refractivity contribution is 0.0947. The molecule has 2 rings (SSSR count). The SMILES string of the molecule is CCN(CC)CCCNC(=O)c1cc(-c2ccc(Cl)cc2Cl)n[nH]1. The molecule has 1 amide bonds. The highest BCUT2D eigenvalue weighted by Crippen LogP contribution is 2.29. The number of nitrogens with zero attached hydrogens (tertiary/aromatic N) is 2. The highest BCUT2D eigenvalue weighted by atomic mass is 35.5. The molecule has 0 bridgehead atoms. The van der Waals surface area contributed by atoms with E-state index in [4.69, 9.17) is 23.2 Å². The third-order valence-corrected chi connectivity index (χ3v) is 4.41. The van der Waals surface area contributed by atoms with Crippen molar-refractivity contribution in [3.8, 4) is 11.3 Å². The van der Waals surface area contributed by atoms with Crippen molar-refractivity contribution in [1.29, 1.82) is 0 Å². The van der Waals surface area contributed by atoms with E-state index in [1.165, 1.54) is 0 Å². The van der Waals surface area contributed by atoms with Crippen LogP contribution < -0.4 is 5.32 Å². The van der Waals surface area contributed by atoms with Crippen molar-refractivity contribution in [3.63, 3.8) is 0 Å². The summed E-state index contributed by atoms with van der Waals surface area (Å²) in [5, 5.41) is 10.9. The number of carbonyl (C=O) groups is 1. The number of carbonyl (C=O) groups excluding carboxylic acids is 1. The summed E-state index contributed by atoms with van der Waals surface area (Å²) >= 11 is 12.1. The summed E-state index contributed by atoms with van der Waals surface area (Å²) in [4.78, 5) is 14.5. The van der Waals surface area contributed by atoms with Crippen LogP contribution in [-0.2, 0) is 0 Å². The van der Waals surface area contributed by atoms with Crippen molar-refractivity contribution in [2.24, 2.45) is 0 Å². The first-order valence-electron chi connectivity index (χ1n) is 8.06. The fourth-order valence-corrected chi connectivity index (χ4v) is 2.92. The first-order chi connectivity index (χ1) is 11.5. The summed E-state index contributed by atoms with van der Waals surface area (Å²) in [6.07, 6.45) is 0.914. The molecule has 0 aliphatic heterocycles. The van der Waals surface area contributed by atoms with Gasteiger partial charge in [-0.3, -0.25) is 9.89 Å². The zero-order valence-corrected chi connectivity index (χ0v) is 15.4. The van der Waals surface area contributed by atoms with Gasteiger partial charge >= 0.3 is 0 Å². The number of halogens is 2. The zero-order chi connectivity index (χ0) is 17.5. The fourth-order valence-electron chi connectivity index (χ4n) is 2.41. The minimum Gasteiger partial charge on any atom is -0.351 e. The number of rotatable bonds is 8. The Hall–Kier alpha value is -1.56. The van der Waals surface area contributed by atoms with Crippen LogP contribution in [0.15, 0.2) is 24.3 Å². The monoisotopic (exact) mass is 368 g/mol. The molecular weight excluding hydrogens is 347 g/mol. The molecule has 0 spiro atoms. The second-order valence-electron chi connectivity index (χ2n) is 5.43. The summed E-state index contributed by atoms with van der Waals surface area (Å²) in [5.41, 5.74) is 1.77. The molecular formula is C17H22Cl2N4O. The van der Waals surface area contributed by atoms with Gasteiger partial charge < -0.3 is 10.2 Å². The Kier molecular flexibility index (Phi) is 7.09. The fraction of sp³-hybridized carbons (Fsp3) is 0.412. The quantitative estimate of drug-likeness (QED) is 0.695. The molecule has 7 heteroatoms. The molecule has 1 heterocycles. The van der Waals surface area contributed by atoms with Crippen LogP contribution >= 0.6 is 23.2 Å². The van der Waals surface area contributed by atoms with E-state index < -0.39 is 0 Å². The van der Waals surface area contributed by atoms with Crippen molar-refractivity contribution in [2.75, 3.05) is 26.2 Å². The lowest BCUT2D eigenvalue weighted by Gasteiger charge is -2.17. The predicted molar refractivity (Wildman–Crippen MR) is 98.8 cm³/mol. The second kappa shape index (κ2) is 9.06. The van der Waals surface area contributed by atoms with Crippen LogP contribution in [0.5, 0.6) is 0 Å². The van der Waals surface area contributed by atoms with E-state index >= 15 is 0 Å². The van der Waals surface area contributed by atoms with Gasteiger partial charge in [-0.15, -0.1) is 0 Å². The third-order valence-electron chi connectivity index (χ3n) is 3.86. The molecule has 0 fully saturated rings. The van der Waals surface area contributed by atoms with E-state index in [9.17, 15) is 4.79 Å². The summed E-state index contributed by atoms with van der Waals surface area (Å²) < 4.78 is 0. The number of amides is 1. The Labute approximate surface area is 152 Å². The zero-order valence-electron chi connectivity index (χ0n) is 13.9. The lowest BCUT2D eigenvalue weighted by atomic mass is 10.1. The number of hydrogen-bond donors (Lipinski definition) is 2. The molecule has 1 aromatic carbocycles. The van der Waals surface area contributed by atoms with Gasteiger partial charge in [0.2, 0.25) is 0 Å². The first kappa shape index (κ1) is 18.8. The Bertz CT molecular complexity index is 683. The third kappa shape index (κ3) is 4.97. The minimum atomic E-state index is -0.168. The Balaban J connectivity index is 1.91. The largest absolute Gasteiger partial charge is 0.351 e. The van der Waals surface area contributed by atoms with Crippen molar-refractivity contribution >= 4 is 29.1 Å². The van der Waals surface area contributed by atoms with E-state index in [1.807, 2.05) is 0 Å². The molecule has 1 aromatic heterocycles. The van der Waals surface area contributed by atoms with Crippen molar-refractivity contribution < 1.29 is 4.79 Å². The summed E-state index contributed by atoms with van der Waals surface area (Å²) in [6, 6.07) is 6.87. The maximum atomic E-state index is 12.2. The Morgan fingerprint density at radius 2 is 2.00 bits per heavy atom. The van der Waals surface area contributed by atoms with Gasteiger partial charge in [-0.1, -0.05) is 37.0 Å². The van der Waals surface area contributed by atoms with Gasteiger partial charge in [-0.2, -0.15) is 5.10 Å². The van der Waals surface area contributed by atoms with E-state index in [2.05, 4.69) is 34.3 Å². The Morgan fingerprint density at radius 3 is 2.67 bits per heavy atom. The van der Waals surface area contributed by atoms with Gasteiger partial charge in [0.1, 0.15) is 5.69 Å². The number of nitrogens with one attached hydrogen (secondary N) is 2. The minimum absolute atomic E-state index is 0.168. The van der Waals surface area contributed by atoms with Gasteiger partial charge in [-0.05, 0) is 50.3 Å².